The highest BCUT2D eigenvalue weighted by Gasteiger charge is 2.58. The third-order valence-corrected chi connectivity index (χ3v) is 9.28. The van der Waals surface area contributed by atoms with Crippen molar-refractivity contribution in [2.24, 2.45) is 47.3 Å². The molecular formula is C21H34N2O. The second-order valence-electron chi connectivity index (χ2n) is 9.99. The van der Waals surface area contributed by atoms with Crippen molar-refractivity contribution in [1.29, 1.82) is 0 Å². The molecule has 3 saturated carbocycles. The van der Waals surface area contributed by atoms with Gasteiger partial charge in [-0.2, -0.15) is 0 Å². The fourth-order valence-electron chi connectivity index (χ4n) is 8.23. The minimum Gasteiger partial charge on any atom is -0.377 e. The molecule has 3 heteroatoms. The standard InChI is InChI=1S/C21H34N2O/c1-3-12-8-22-10-18(14(12)5-1)16-7-17(21-19(16)11-24-21)20-15-6-2-4-13(15)9-23-20/h12-23H,1-11H2. The summed E-state index contributed by atoms with van der Waals surface area (Å²) >= 11 is 0. The van der Waals surface area contributed by atoms with E-state index in [1.807, 2.05) is 0 Å². The summed E-state index contributed by atoms with van der Waals surface area (Å²) in [6.07, 6.45) is 11.0. The van der Waals surface area contributed by atoms with Crippen molar-refractivity contribution in [3.8, 4) is 0 Å². The van der Waals surface area contributed by atoms with Gasteiger partial charge in [0, 0.05) is 17.9 Å². The predicted octanol–water partition coefficient (Wildman–Crippen LogP) is 2.66. The Morgan fingerprint density at radius 3 is 2.33 bits per heavy atom. The van der Waals surface area contributed by atoms with E-state index in [2.05, 4.69) is 10.6 Å². The molecule has 3 aliphatic carbocycles. The van der Waals surface area contributed by atoms with Gasteiger partial charge in [0.1, 0.15) is 0 Å². The van der Waals surface area contributed by atoms with Crippen molar-refractivity contribution in [2.45, 2.75) is 57.1 Å². The van der Waals surface area contributed by atoms with E-state index in [-0.39, 0.29) is 0 Å². The lowest BCUT2D eigenvalue weighted by Gasteiger charge is -2.44. The average Bonchev–Trinajstić information content (AvgIpc) is 3.29. The molecule has 3 aliphatic heterocycles. The Labute approximate surface area is 146 Å². The molecule has 134 valence electrons. The van der Waals surface area contributed by atoms with Crippen molar-refractivity contribution in [3.63, 3.8) is 0 Å². The summed E-state index contributed by atoms with van der Waals surface area (Å²) in [6.45, 7) is 4.96. The van der Waals surface area contributed by atoms with Crippen LogP contribution in [0, 0.1) is 47.3 Å². The van der Waals surface area contributed by atoms with Gasteiger partial charge in [0.05, 0.1) is 12.7 Å². The van der Waals surface area contributed by atoms with Gasteiger partial charge >= 0.3 is 0 Å². The number of ether oxygens (including phenoxy) is 1. The van der Waals surface area contributed by atoms with Gasteiger partial charge < -0.3 is 15.4 Å². The summed E-state index contributed by atoms with van der Waals surface area (Å²) in [4.78, 5) is 0. The molecule has 2 N–H and O–H groups in total. The SMILES string of the molecule is C1CC2CNCC(C3CC(C4NCC5CCCC54)C4OCC34)C2C1. The molecule has 3 saturated heterocycles. The second-order valence-corrected chi connectivity index (χ2v) is 9.99. The van der Waals surface area contributed by atoms with Gasteiger partial charge in [0.25, 0.3) is 0 Å². The number of fused-ring (bicyclic) bond motifs is 3. The first-order valence-corrected chi connectivity index (χ1v) is 11.0. The number of rotatable bonds is 2. The summed E-state index contributed by atoms with van der Waals surface area (Å²) in [5, 5.41) is 7.77. The molecule has 0 bridgehead atoms. The van der Waals surface area contributed by atoms with Gasteiger partial charge in [0.2, 0.25) is 0 Å². The highest BCUT2D eigenvalue weighted by atomic mass is 16.5. The Hall–Kier alpha value is -0.120. The molecule has 0 aromatic heterocycles. The van der Waals surface area contributed by atoms with Crippen LogP contribution >= 0.6 is 0 Å². The van der Waals surface area contributed by atoms with E-state index in [4.69, 9.17) is 4.74 Å². The molecule has 0 radical (unpaired) electrons. The van der Waals surface area contributed by atoms with E-state index in [0.717, 1.165) is 60.0 Å². The number of piperidine rings is 1. The summed E-state index contributed by atoms with van der Waals surface area (Å²) in [6, 6.07) is 0.784. The van der Waals surface area contributed by atoms with Crippen molar-refractivity contribution < 1.29 is 4.74 Å². The summed E-state index contributed by atoms with van der Waals surface area (Å²) in [5.41, 5.74) is 0. The van der Waals surface area contributed by atoms with Crippen LogP contribution in [0.1, 0.15) is 44.9 Å². The highest BCUT2D eigenvalue weighted by Crippen LogP contribution is 2.56. The van der Waals surface area contributed by atoms with Crippen molar-refractivity contribution in [2.75, 3.05) is 26.2 Å². The van der Waals surface area contributed by atoms with Gasteiger partial charge in [-0.3, -0.25) is 0 Å². The minimum absolute atomic E-state index is 0.605. The fraction of sp³-hybridized carbons (Fsp3) is 1.00. The fourth-order valence-corrected chi connectivity index (χ4v) is 8.23. The molecule has 3 heterocycles. The second kappa shape index (κ2) is 5.69. The highest BCUT2D eigenvalue weighted by molar-refractivity contribution is 5.09. The minimum atomic E-state index is 0.605. The zero-order chi connectivity index (χ0) is 15.7. The van der Waals surface area contributed by atoms with Gasteiger partial charge in [-0.05, 0) is 87.2 Å². The lowest BCUT2D eigenvalue weighted by Crippen LogP contribution is -2.50. The first kappa shape index (κ1) is 15.0. The van der Waals surface area contributed by atoms with Crippen LogP contribution in [0.25, 0.3) is 0 Å². The molecule has 10 unspecified atom stereocenters. The zero-order valence-corrected chi connectivity index (χ0v) is 15.0. The molecule has 6 rings (SSSR count). The maximum absolute atomic E-state index is 6.20. The molecule has 0 spiro atoms. The topological polar surface area (TPSA) is 33.3 Å². The smallest absolute Gasteiger partial charge is 0.0671 e. The van der Waals surface area contributed by atoms with Crippen LogP contribution in [0.2, 0.25) is 0 Å². The Bertz CT molecular complexity index is 496. The molecule has 0 aromatic carbocycles. The van der Waals surface area contributed by atoms with Crippen molar-refractivity contribution >= 4 is 0 Å². The van der Waals surface area contributed by atoms with E-state index >= 15 is 0 Å². The third kappa shape index (κ3) is 2.07. The van der Waals surface area contributed by atoms with Crippen LogP contribution in [-0.2, 0) is 4.74 Å². The summed E-state index contributed by atoms with van der Waals surface area (Å²) < 4.78 is 6.20. The summed E-state index contributed by atoms with van der Waals surface area (Å²) in [5.74, 6) is 7.61. The van der Waals surface area contributed by atoms with E-state index < -0.39 is 0 Å². The van der Waals surface area contributed by atoms with Crippen molar-refractivity contribution in [1.82, 2.24) is 10.6 Å². The summed E-state index contributed by atoms with van der Waals surface area (Å²) in [7, 11) is 0. The Morgan fingerprint density at radius 2 is 1.50 bits per heavy atom. The van der Waals surface area contributed by atoms with E-state index in [0.29, 0.717) is 6.10 Å². The molecular weight excluding hydrogens is 296 g/mol. The lowest BCUT2D eigenvalue weighted by atomic mass is 9.70. The Balaban J connectivity index is 1.22. The first-order chi connectivity index (χ1) is 11.9. The maximum Gasteiger partial charge on any atom is 0.0671 e. The molecule has 10 atom stereocenters. The van der Waals surface area contributed by atoms with E-state index in [1.165, 1.54) is 64.6 Å². The third-order valence-electron chi connectivity index (χ3n) is 9.28. The maximum atomic E-state index is 6.20. The lowest BCUT2D eigenvalue weighted by molar-refractivity contribution is -0.139. The monoisotopic (exact) mass is 330 g/mol. The molecule has 6 fully saturated rings. The Kier molecular flexibility index (Phi) is 3.55. The predicted molar refractivity (Wildman–Crippen MR) is 94.6 cm³/mol. The quantitative estimate of drug-likeness (QED) is 0.817. The molecule has 0 amide bonds. The Morgan fingerprint density at radius 1 is 0.667 bits per heavy atom. The van der Waals surface area contributed by atoms with Crippen molar-refractivity contribution in [3.05, 3.63) is 0 Å². The van der Waals surface area contributed by atoms with Gasteiger partial charge in [-0.25, -0.2) is 0 Å². The van der Waals surface area contributed by atoms with Crippen LogP contribution in [0.4, 0.5) is 0 Å². The zero-order valence-electron chi connectivity index (χ0n) is 15.0. The van der Waals surface area contributed by atoms with Crippen LogP contribution in [0.15, 0.2) is 0 Å². The van der Waals surface area contributed by atoms with Gasteiger partial charge in [0.15, 0.2) is 0 Å². The van der Waals surface area contributed by atoms with Gasteiger partial charge in [-0.1, -0.05) is 12.8 Å². The number of nitrogens with one attached hydrogen (secondary N) is 2. The molecule has 3 nitrogen and oxygen atoms in total. The largest absolute Gasteiger partial charge is 0.377 e. The van der Waals surface area contributed by atoms with E-state index in [9.17, 15) is 0 Å². The van der Waals surface area contributed by atoms with Crippen LogP contribution in [-0.4, -0.2) is 38.4 Å². The average molecular weight is 331 g/mol. The number of hydrogen-bond acceptors (Lipinski definition) is 3. The normalized spacial score (nSPS) is 59.0. The molecule has 0 aromatic rings. The molecule has 6 aliphatic rings. The van der Waals surface area contributed by atoms with Crippen LogP contribution in [0.5, 0.6) is 0 Å². The number of hydrogen-bond donors (Lipinski definition) is 2. The van der Waals surface area contributed by atoms with Crippen LogP contribution < -0.4 is 10.6 Å². The first-order valence-electron chi connectivity index (χ1n) is 11.0. The van der Waals surface area contributed by atoms with E-state index in [1.54, 1.807) is 0 Å². The van der Waals surface area contributed by atoms with Gasteiger partial charge in [-0.15, -0.1) is 0 Å². The molecule has 24 heavy (non-hydrogen) atoms. The van der Waals surface area contributed by atoms with Crippen LogP contribution in [0.3, 0.4) is 0 Å².